The van der Waals surface area contributed by atoms with E-state index in [2.05, 4.69) is 20.8 Å². The smallest absolute Gasteiger partial charge is 0.123 e. The van der Waals surface area contributed by atoms with E-state index in [9.17, 15) is 4.39 Å². The zero-order valence-corrected chi connectivity index (χ0v) is 10.8. The first kappa shape index (κ1) is 11.9. The van der Waals surface area contributed by atoms with Crippen molar-refractivity contribution in [3.8, 4) is 5.75 Å². The fourth-order valence-corrected chi connectivity index (χ4v) is 2.45. The number of ether oxygens (including phenoxy) is 1. The van der Waals surface area contributed by atoms with Gasteiger partial charge in [0.15, 0.2) is 0 Å². The molecule has 1 fully saturated rings. The molecule has 2 rings (SSSR count). The summed E-state index contributed by atoms with van der Waals surface area (Å²) in [6.45, 7) is 2.12. The largest absolute Gasteiger partial charge is 0.496 e. The predicted molar refractivity (Wildman–Crippen MR) is 65.5 cm³/mol. The van der Waals surface area contributed by atoms with Crippen LogP contribution in [0.25, 0.3) is 0 Å². The van der Waals surface area contributed by atoms with Crippen LogP contribution in [0.2, 0.25) is 0 Å². The summed E-state index contributed by atoms with van der Waals surface area (Å²) in [4.78, 5) is 2.12. The second-order valence-electron chi connectivity index (χ2n) is 4.08. The number of likely N-dealkylation sites (tertiary alicyclic amines) is 1. The van der Waals surface area contributed by atoms with Crippen LogP contribution in [0.3, 0.4) is 0 Å². The fourth-order valence-electron chi connectivity index (χ4n) is 2.04. The summed E-state index contributed by atoms with van der Waals surface area (Å²) < 4.78 is 19.4. The maximum atomic E-state index is 13.1. The molecule has 1 aromatic carbocycles. The van der Waals surface area contributed by atoms with Crippen LogP contribution in [0.4, 0.5) is 4.39 Å². The summed E-state index contributed by atoms with van der Waals surface area (Å²) in [6.07, 6.45) is -0.0193. The molecule has 0 saturated carbocycles. The van der Waals surface area contributed by atoms with Gasteiger partial charge in [-0.1, -0.05) is 15.9 Å². The molecular weight excluding hydrogens is 273 g/mol. The monoisotopic (exact) mass is 287 g/mol. The van der Waals surface area contributed by atoms with Crippen molar-refractivity contribution in [3.05, 3.63) is 28.2 Å². The summed E-state index contributed by atoms with van der Waals surface area (Å²) in [5.41, 5.74) is 1.10. The van der Waals surface area contributed by atoms with E-state index < -0.39 is 6.17 Å². The second kappa shape index (κ2) is 5.15. The van der Waals surface area contributed by atoms with Crippen molar-refractivity contribution in [1.82, 2.24) is 4.90 Å². The van der Waals surface area contributed by atoms with Gasteiger partial charge < -0.3 is 4.74 Å². The van der Waals surface area contributed by atoms with Crippen LogP contribution in [-0.4, -0.2) is 31.3 Å². The summed E-state index contributed by atoms with van der Waals surface area (Å²) in [7, 11) is 1.66. The van der Waals surface area contributed by atoms with E-state index in [-0.39, 0.29) is 0 Å². The first-order chi connectivity index (χ1) is 7.69. The van der Waals surface area contributed by atoms with Crippen LogP contribution in [0.5, 0.6) is 5.75 Å². The minimum absolute atomic E-state index is 0.537. The van der Waals surface area contributed by atoms with E-state index in [0.29, 0.717) is 13.0 Å². The van der Waals surface area contributed by atoms with Crippen molar-refractivity contribution < 1.29 is 9.13 Å². The van der Waals surface area contributed by atoms with Gasteiger partial charge in [0, 0.05) is 29.7 Å². The first-order valence-corrected chi connectivity index (χ1v) is 6.17. The molecule has 0 amide bonds. The van der Waals surface area contributed by atoms with Gasteiger partial charge >= 0.3 is 0 Å². The molecule has 4 heteroatoms. The topological polar surface area (TPSA) is 12.5 Å². The van der Waals surface area contributed by atoms with E-state index >= 15 is 0 Å². The average molecular weight is 288 g/mol. The lowest BCUT2D eigenvalue weighted by molar-refractivity contribution is 0.278. The van der Waals surface area contributed by atoms with Crippen molar-refractivity contribution in [1.29, 1.82) is 0 Å². The number of alkyl halides is 1. The highest BCUT2D eigenvalue weighted by molar-refractivity contribution is 9.10. The first-order valence-electron chi connectivity index (χ1n) is 5.38. The summed E-state index contributed by atoms with van der Waals surface area (Å²) in [6, 6.07) is 5.91. The number of hydrogen-bond donors (Lipinski definition) is 0. The van der Waals surface area contributed by atoms with Gasteiger partial charge in [0.25, 0.3) is 0 Å². The molecule has 1 atom stereocenters. The molecule has 0 radical (unpaired) electrons. The van der Waals surface area contributed by atoms with Crippen LogP contribution in [-0.2, 0) is 6.54 Å². The molecule has 1 saturated heterocycles. The molecule has 0 spiro atoms. The van der Waals surface area contributed by atoms with Gasteiger partial charge in [-0.15, -0.1) is 0 Å². The summed E-state index contributed by atoms with van der Waals surface area (Å²) in [5.74, 6) is 0.866. The van der Waals surface area contributed by atoms with Crippen LogP contribution in [0, 0.1) is 0 Å². The molecular formula is C12H15BrFNO. The highest BCUT2D eigenvalue weighted by atomic mass is 79.9. The fraction of sp³-hybridized carbons (Fsp3) is 0.500. The van der Waals surface area contributed by atoms with Gasteiger partial charge in [-0.3, -0.25) is 4.90 Å². The van der Waals surface area contributed by atoms with Gasteiger partial charge in [-0.05, 0) is 24.6 Å². The Bertz CT molecular complexity index is 372. The van der Waals surface area contributed by atoms with Gasteiger partial charge in [0.05, 0.1) is 7.11 Å². The number of methoxy groups -OCH3 is 1. The molecule has 16 heavy (non-hydrogen) atoms. The molecule has 0 bridgehead atoms. The number of hydrogen-bond acceptors (Lipinski definition) is 2. The number of benzene rings is 1. The van der Waals surface area contributed by atoms with Crippen LogP contribution in [0.1, 0.15) is 12.0 Å². The molecule has 0 aliphatic carbocycles. The van der Waals surface area contributed by atoms with Crippen LogP contribution < -0.4 is 4.74 Å². The normalized spacial score (nSPS) is 21.3. The van der Waals surface area contributed by atoms with E-state index in [1.165, 1.54) is 0 Å². The molecule has 1 heterocycles. The number of halogens is 2. The van der Waals surface area contributed by atoms with Gasteiger partial charge in [-0.2, -0.15) is 0 Å². The third kappa shape index (κ3) is 2.74. The van der Waals surface area contributed by atoms with Gasteiger partial charge in [0.1, 0.15) is 11.9 Å². The molecule has 0 aromatic heterocycles. The van der Waals surface area contributed by atoms with Crippen LogP contribution >= 0.6 is 15.9 Å². The van der Waals surface area contributed by atoms with Crippen molar-refractivity contribution in [2.75, 3.05) is 20.2 Å². The number of nitrogens with zero attached hydrogens (tertiary/aromatic N) is 1. The second-order valence-corrected chi connectivity index (χ2v) is 4.99. The Morgan fingerprint density at radius 2 is 2.38 bits per heavy atom. The van der Waals surface area contributed by atoms with Crippen molar-refractivity contribution >= 4 is 15.9 Å². The molecule has 0 unspecified atom stereocenters. The maximum Gasteiger partial charge on any atom is 0.123 e. The Balaban J connectivity index is 2.10. The molecule has 1 aliphatic heterocycles. The third-order valence-corrected chi connectivity index (χ3v) is 3.34. The lowest BCUT2D eigenvalue weighted by atomic mass is 10.2. The lowest BCUT2D eigenvalue weighted by Crippen LogP contribution is -2.20. The van der Waals surface area contributed by atoms with Crippen molar-refractivity contribution in [3.63, 3.8) is 0 Å². The Kier molecular flexibility index (Phi) is 3.82. The SMILES string of the molecule is COc1ccc(Br)cc1CN1CC[C@H](F)C1. The summed E-state index contributed by atoms with van der Waals surface area (Å²) in [5, 5.41) is 0. The lowest BCUT2D eigenvalue weighted by Gasteiger charge is -2.17. The quantitative estimate of drug-likeness (QED) is 0.847. The average Bonchev–Trinajstić information content (AvgIpc) is 2.64. The predicted octanol–water partition coefficient (Wildman–Crippen LogP) is 3.00. The highest BCUT2D eigenvalue weighted by Crippen LogP contribution is 2.26. The van der Waals surface area contributed by atoms with Crippen molar-refractivity contribution in [2.45, 2.75) is 19.1 Å². The molecule has 2 nitrogen and oxygen atoms in total. The summed E-state index contributed by atoms with van der Waals surface area (Å²) >= 11 is 3.44. The Morgan fingerprint density at radius 1 is 1.56 bits per heavy atom. The Hall–Kier alpha value is -0.610. The van der Waals surface area contributed by atoms with E-state index in [1.807, 2.05) is 18.2 Å². The minimum Gasteiger partial charge on any atom is -0.496 e. The van der Waals surface area contributed by atoms with Crippen LogP contribution in [0.15, 0.2) is 22.7 Å². The third-order valence-electron chi connectivity index (χ3n) is 2.85. The van der Waals surface area contributed by atoms with E-state index in [1.54, 1.807) is 7.11 Å². The molecule has 88 valence electrons. The Labute approximate surface area is 104 Å². The zero-order valence-electron chi connectivity index (χ0n) is 9.25. The van der Waals surface area contributed by atoms with E-state index in [0.717, 1.165) is 28.9 Å². The highest BCUT2D eigenvalue weighted by Gasteiger charge is 2.22. The molecule has 0 N–H and O–H groups in total. The van der Waals surface area contributed by atoms with Gasteiger partial charge in [0.2, 0.25) is 0 Å². The minimum atomic E-state index is -0.668. The molecule has 1 aromatic rings. The van der Waals surface area contributed by atoms with Gasteiger partial charge in [-0.25, -0.2) is 4.39 Å². The van der Waals surface area contributed by atoms with E-state index in [4.69, 9.17) is 4.74 Å². The van der Waals surface area contributed by atoms with Crippen molar-refractivity contribution in [2.24, 2.45) is 0 Å². The number of rotatable bonds is 3. The Morgan fingerprint density at radius 3 is 3.00 bits per heavy atom. The molecule has 1 aliphatic rings. The standard InChI is InChI=1S/C12H15BrFNO/c1-16-12-3-2-10(13)6-9(12)7-15-5-4-11(14)8-15/h2-3,6,11H,4-5,7-8H2,1H3/t11-/m0/s1. The zero-order chi connectivity index (χ0) is 11.5. The maximum absolute atomic E-state index is 13.1.